The molecule has 108 valence electrons. The van der Waals surface area contributed by atoms with E-state index in [1.165, 1.54) is 11.0 Å². The van der Waals surface area contributed by atoms with Gasteiger partial charge < -0.3 is 20.9 Å². The number of anilines is 1. The third kappa shape index (κ3) is 2.94. The number of amides is 1. The summed E-state index contributed by atoms with van der Waals surface area (Å²) < 4.78 is 0. The van der Waals surface area contributed by atoms with Gasteiger partial charge in [-0.05, 0) is 24.3 Å². The highest BCUT2D eigenvalue weighted by Gasteiger charge is 2.17. The summed E-state index contributed by atoms with van der Waals surface area (Å²) in [6.07, 6.45) is 0. The number of phenolic OH excluding ortho intramolecular Hbond substituents is 1. The summed E-state index contributed by atoms with van der Waals surface area (Å²) in [7, 11) is 1.58. The van der Waals surface area contributed by atoms with Gasteiger partial charge in [0.15, 0.2) is 5.84 Å². The Morgan fingerprint density at radius 2 is 1.90 bits per heavy atom. The lowest BCUT2D eigenvalue weighted by Gasteiger charge is -2.18. The predicted octanol–water partition coefficient (Wildman–Crippen LogP) is 1.76. The number of hydrogen-bond donors (Lipinski definition) is 3. The average Bonchev–Trinajstić information content (AvgIpc) is 2.53. The molecule has 0 radical (unpaired) electrons. The first-order valence-corrected chi connectivity index (χ1v) is 6.18. The molecule has 0 fully saturated rings. The zero-order valence-electron chi connectivity index (χ0n) is 11.4. The highest BCUT2D eigenvalue weighted by atomic mass is 16.4. The minimum absolute atomic E-state index is 0.0414. The van der Waals surface area contributed by atoms with E-state index in [2.05, 4.69) is 5.16 Å². The lowest BCUT2D eigenvalue weighted by atomic mass is 10.1. The van der Waals surface area contributed by atoms with Crippen molar-refractivity contribution in [3.63, 3.8) is 0 Å². The standard InChI is InChI=1S/C15H15N3O3/c1-18(15(20)12-7-2-3-8-13(12)19)11-6-4-5-10(9-11)14(16)17-21/h2-9,19,21H,1H3,(H2,16,17). The van der Waals surface area contributed by atoms with E-state index in [1.807, 2.05) is 0 Å². The van der Waals surface area contributed by atoms with E-state index in [0.29, 0.717) is 11.3 Å². The number of amidine groups is 1. The van der Waals surface area contributed by atoms with Crippen molar-refractivity contribution >= 4 is 17.4 Å². The SMILES string of the molecule is CN(C(=O)c1ccccc1O)c1cccc(C(N)=NO)c1. The van der Waals surface area contributed by atoms with Crippen LogP contribution < -0.4 is 10.6 Å². The second-order valence-corrected chi connectivity index (χ2v) is 4.42. The van der Waals surface area contributed by atoms with Crippen LogP contribution in [-0.2, 0) is 0 Å². The highest BCUT2D eigenvalue weighted by Crippen LogP contribution is 2.22. The van der Waals surface area contributed by atoms with Crippen LogP contribution in [0.25, 0.3) is 0 Å². The van der Waals surface area contributed by atoms with E-state index in [1.54, 1.807) is 49.5 Å². The molecule has 2 rings (SSSR count). The zero-order valence-corrected chi connectivity index (χ0v) is 11.4. The zero-order chi connectivity index (χ0) is 15.4. The first kappa shape index (κ1) is 14.4. The number of carbonyl (C=O) groups is 1. The smallest absolute Gasteiger partial charge is 0.261 e. The van der Waals surface area contributed by atoms with Gasteiger partial charge in [0.25, 0.3) is 5.91 Å². The number of rotatable bonds is 3. The van der Waals surface area contributed by atoms with Gasteiger partial charge in [0, 0.05) is 18.3 Å². The van der Waals surface area contributed by atoms with E-state index in [4.69, 9.17) is 10.9 Å². The molecular weight excluding hydrogens is 270 g/mol. The topological polar surface area (TPSA) is 99.2 Å². The number of phenols is 1. The fraction of sp³-hybridized carbons (Fsp3) is 0.0667. The Morgan fingerprint density at radius 1 is 1.19 bits per heavy atom. The monoisotopic (exact) mass is 285 g/mol. The summed E-state index contributed by atoms with van der Waals surface area (Å²) in [4.78, 5) is 13.7. The van der Waals surface area contributed by atoms with Crippen molar-refractivity contribution < 1.29 is 15.1 Å². The number of para-hydroxylation sites is 1. The Labute approximate surface area is 121 Å². The van der Waals surface area contributed by atoms with Crippen LogP contribution in [0.15, 0.2) is 53.7 Å². The molecule has 0 aromatic heterocycles. The van der Waals surface area contributed by atoms with Crippen molar-refractivity contribution in [1.82, 2.24) is 0 Å². The Bertz CT molecular complexity index is 698. The molecule has 0 aliphatic rings. The molecule has 0 saturated heterocycles. The van der Waals surface area contributed by atoms with E-state index >= 15 is 0 Å². The number of nitrogens with two attached hydrogens (primary N) is 1. The van der Waals surface area contributed by atoms with E-state index in [9.17, 15) is 9.90 Å². The quantitative estimate of drug-likeness (QED) is 0.346. The lowest BCUT2D eigenvalue weighted by Crippen LogP contribution is -2.26. The predicted molar refractivity (Wildman–Crippen MR) is 79.8 cm³/mol. The van der Waals surface area contributed by atoms with Crippen LogP contribution in [0.3, 0.4) is 0 Å². The van der Waals surface area contributed by atoms with Gasteiger partial charge in [-0.1, -0.05) is 29.4 Å². The molecule has 6 nitrogen and oxygen atoms in total. The normalized spacial score (nSPS) is 11.2. The number of hydrogen-bond acceptors (Lipinski definition) is 4. The van der Waals surface area contributed by atoms with Crippen molar-refractivity contribution in [3.05, 3.63) is 59.7 Å². The van der Waals surface area contributed by atoms with Gasteiger partial charge in [-0.3, -0.25) is 4.79 Å². The van der Waals surface area contributed by atoms with Crippen LogP contribution in [-0.4, -0.2) is 29.1 Å². The van der Waals surface area contributed by atoms with Crippen LogP contribution >= 0.6 is 0 Å². The maximum absolute atomic E-state index is 12.4. The molecule has 1 amide bonds. The fourth-order valence-electron chi connectivity index (χ4n) is 1.88. The van der Waals surface area contributed by atoms with Gasteiger partial charge >= 0.3 is 0 Å². The highest BCUT2D eigenvalue weighted by molar-refractivity contribution is 6.08. The molecule has 2 aromatic rings. The van der Waals surface area contributed by atoms with Crippen molar-refractivity contribution in [3.8, 4) is 5.75 Å². The van der Waals surface area contributed by atoms with Gasteiger partial charge in [0.05, 0.1) is 5.56 Å². The van der Waals surface area contributed by atoms with Crippen LogP contribution in [0.4, 0.5) is 5.69 Å². The van der Waals surface area contributed by atoms with Gasteiger partial charge in [-0.15, -0.1) is 0 Å². The Kier molecular flexibility index (Phi) is 4.08. The summed E-state index contributed by atoms with van der Waals surface area (Å²) in [5.41, 5.74) is 6.79. The lowest BCUT2D eigenvalue weighted by molar-refractivity contribution is 0.0990. The number of benzene rings is 2. The van der Waals surface area contributed by atoms with Crippen LogP contribution in [0, 0.1) is 0 Å². The van der Waals surface area contributed by atoms with Crippen LogP contribution in [0.2, 0.25) is 0 Å². The molecule has 0 atom stereocenters. The molecular formula is C15H15N3O3. The van der Waals surface area contributed by atoms with Gasteiger partial charge in [-0.25, -0.2) is 0 Å². The molecule has 0 aliphatic heterocycles. The maximum Gasteiger partial charge on any atom is 0.261 e. The van der Waals surface area contributed by atoms with E-state index < -0.39 is 0 Å². The summed E-state index contributed by atoms with van der Waals surface area (Å²) >= 11 is 0. The summed E-state index contributed by atoms with van der Waals surface area (Å²) in [5.74, 6) is -0.480. The first-order chi connectivity index (χ1) is 10.0. The van der Waals surface area contributed by atoms with Crippen LogP contribution in [0.1, 0.15) is 15.9 Å². The number of oxime groups is 1. The van der Waals surface area contributed by atoms with Gasteiger partial charge in [0.2, 0.25) is 0 Å². The van der Waals surface area contributed by atoms with Gasteiger partial charge in [0.1, 0.15) is 5.75 Å². The molecule has 0 saturated carbocycles. The summed E-state index contributed by atoms with van der Waals surface area (Å²) in [6.45, 7) is 0. The second kappa shape index (κ2) is 5.96. The molecule has 0 spiro atoms. The van der Waals surface area contributed by atoms with E-state index in [-0.39, 0.29) is 23.1 Å². The molecule has 0 bridgehead atoms. The third-order valence-corrected chi connectivity index (χ3v) is 3.08. The molecule has 0 aliphatic carbocycles. The molecule has 0 unspecified atom stereocenters. The Hall–Kier alpha value is -3.02. The Morgan fingerprint density at radius 3 is 2.57 bits per heavy atom. The van der Waals surface area contributed by atoms with Crippen molar-refractivity contribution in [2.75, 3.05) is 11.9 Å². The van der Waals surface area contributed by atoms with Crippen LogP contribution in [0.5, 0.6) is 5.75 Å². The molecule has 21 heavy (non-hydrogen) atoms. The summed E-state index contributed by atoms with van der Waals surface area (Å²) in [5, 5.41) is 21.4. The number of nitrogens with zero attached hydrogens (tertiary/aromatic N) is 2. The number of carbonyl (C=O) groups excluding carboxylic acids is 1. The van der Waals surface area contributed by atoms with Crippen molar-refractivity contribution in [2.45, 2.75) is 0 Å². The fourth-order valence-corrected chi connectivity index (χ4v) is 1.88. The van der Waals surface area contributed by atoms with Crippen molar-refractivity contribution in [1.29, 1.82) is 0 Å². The second-order valence-electron chi connectivity index (χ2n) is 4.42. The minimum atomic E-state index is -0.357. The van der Waals surface area contributed by atoms with Crippen molar-refractivity contribution in [2.24, 2.45) is 10.9 Å². The maximum atomic E-state index is 12.4. The Balaban J connectivity index is 2.34. The molecule has 0 heterocycles. The molecule has 2 aromatic carbocycles. The average molecular weight is 285 g/mol. The molecule has 6 heteroatoms. The van der Waals surface area contributed by atoms with Gasteiger partial charge in [-0.2, -0.15) is 0 Å². The molecule has 4 N–H and O–H groups in total. The summed E-state index contributed by atoms with van der Waals surface area (Å²) in [6, 6.07) is 13.0. The first-order valence-electron chi connectivity index (χ1n) is 6.18. The number of aromatic hydroxyl groups is 1. The largest absolute Gasteiger partial charge is 0.507 e. The third-order valence-electron chi connectivity index (χ3n) is 3.08. The minimum Gasteiger partial charge on any atom is -0.507 e. The van der Waals surface area contributed by atoms with E-state index in [0.717, 1.165) is 0 Å².